The van der Waals surface area contributed by atoms with Crippen LogP contribution in [-0.2, 0) is 11.3 Å². The Hall–Kier alpha value is -2.60. The lowest BCUT2D eigenvalue weighted by Crippen LogP contribution is -2.38. The molecule has 2 heterocycles. The van der Waals surface area contributed by atoms with E-state index in [9.17, 15) is 4.79 Å². The van der Waals surface area contributed by atoms with Gasteiger partial charge in [0, 0.05) is 13.7 Å². The number of fused-ring (bicyclic) bond motifs is 1. The number of anilines is 1. The number of ketones is 1. The van der Waals surface area contributed by atoms with Gasteiger partial charge in [-0.2, -0.15) is 5.10 Å². The van der Waals surface area contributed by atoms with Crippen LogP contribution < -0.4 is 9.64 Å². The van der Waals surface area contributed by atoms with Crippen molar-refractivity contribution in [2.75, 3.05) is 32.3 Å². The first kappa shape index (κ1) is 17.2. The lowest BCUT2D eigenvalue weighted by atomic mass is 10.2. The minimum absolute atomic E-state index is 0.0110. The summed E-state index contributed by atoms with van der Waals surface area (Å²) in [5.41, 5.74) is 1.72. The SMILES string of the molecule is COC[C@H](C)N1CC=CC(=O)c2cnn(Cc3ccc(OC)cc3)c21. The first-order chi connectivity index (χ1) is 12.1. The highest BCUT2D eigenvalue weighted by atomic mass is 16.5. The molecule has 1 atom stereocenters. The summed E-state index contributed by atoms with van der Waals surface area (Å²) in [4.78, 5) is 14.5. The maximum atomic E-state index is 12.4. The molecule has 6 heteroatoms. The molecule has 1 aromatic carbocycles. The van der Waals surface area contributed by atoms with E-state index in [4.69, 9.17) is 9.47 Å². The lowest BCUT2D eigenvalue weighted by molar-refractivity contribution is 0.104. The molecular weight excluding hydrogens is 318 g/mol. The normalized spacial score (nSPS) is 15.0. The van der Waals surface area contributed by atoms with E-state index in [0.717, 1.165) is 17.1 Å². The number of methoxy groups -OCH3 is 2. The molecule has 6 nitrogen and oxygen atoms in total. The molecule has 2 aromatic rings. The van der Waals surface area contributed by atoms with Gasteiger partial charge < -0.3 is 14.4 Å². The summed E-state index contributed by atoms with van der Waals surface area (Å²) in [6.07, 6.45) is 5.17. The number of rotatable bonds is 6. The fraction of sp³-hybridized carbons (Fsp3) is 0.368. The molecule has 0 saturated carbocycles. The van der Waals surface area contributed by atoms with Gasteiger partial charge in [0.15, 0.2) is 5.78 Å². The molecule has 0 radical (unpaired) electrons. The second-order valence-corrected chi connectivity index (χ2v) is 6.11. The predicted octanol–water partition coefficient (Wildman–Crippen LogP) is 2.53. The summed E-state index contributed by atoms with van der Waals surface area (Å²) in [6.45, 7) is 3.90. The number of aromatic nitrogens is 2. The Morgan fingerprint density at radius 2 is 2.00 bits per heavy atom. The number of hydrogen-bond acceptors (Lipinski definition) is 5. The Morgan fingerprint density at radius 3 is 2.68 bits per heavy atom. The zero-order chi connectivity index (χ0) is 17.8. The molecule has 0 spiro atoms. The van der Waals surface area contributed by atoms with Gasteiger partial charge in [-0.1, -0.05) is 18.2 Å². The summed E-state index contributed by atoms with van der Waals surface area (Å²) < 4.78 is 12.4. The van der Waals surface area contributed by atoms with E-state index < -0.39 is 0 Å². The van der Waals surface area contributed by atoms with E-state index in [1.165, 1.54) is 0 Å². The molecule has 1 aromatic heterocycles. The van der Waals surface area contributed by atoms with Crippen molar-refractivity contribution < 1.29 is 14.3 Å². The van der Waals surface area contributed by atoms with Crippen LogP contribution in [0.1, 0.15) is 22.8 Å². The Labute approximate surface area is 147 Å². The summed E-state index contributed by atoms with van der Waals surface area (Å²) in [6, 6.07) is 8.00. The maximum Gasteiger partial charge on any atom is 0.190 e. The van der Waals surface area contributed by atoms with Gasteiger partial charge in [-0.25, -0.2) is 4.68 Å². The van der Waals surface area contributed by atoms with Crippen LogP contribution in [0.25, 0.3) is 0 Å². The third kappa shape index (κ3) is 3.58. The quantitative estimate of drug-likeness (QED) is 0.808. The first-order valence-electron chi connectivity index (χ1n) is 8.29. The molecule has 1 aliphatic heterocycles. The zero-order valence-electron chi connectivity index (χ0n) is 14.8. The number of carbonyl (C=O) groups is 1. The number of allylic oxidation sites excluding steroid dienone is 1. The van der Waals surface area contributed by atoms with E-state index in [2.05, 4.69) is 16.9 Å². The van der Waals surface area contributed by atoms with Crippen molar-refractivity contribution in [1.82, 2.24) is 9.78 Å². The Bertz CT molecular complexity index is 765. The molecule has 3 rings (SSSR count). The number of nitrogens with zero attached hydrogens (tertiary/aromatic N) is 3. The summed E-state index contributed by atoms with van der Waals surface area (Å²) >= 11 is 0. The largest absolute Gasteiger partial charge is 0.497 e. The second kappa shape index (κ2) is 7.53. The maximum absolute atomic E-state index is 12.4. The highest BCUT2D eigenvalue weighted by Crippen LogP contribution is 2.27. The molecule has 132 valence electrons. The van der Waals surface area contributed by atoms with Crippen LogP contribution in [0.3, 0.4) is 0 Å². The van der Waals surface area contributed by atoms with Crippen molar-refractivity contribution >= 4 is 11.6 Å². The molecule has 0 aliphatic carbocycles. The Kier molecular flexibility index (Phi) is 5.19. The van der Waals surface area contributed by atoms with Crippen molar-refractivity contribution in [2.45, 2.75) is 19.5 Å². The molecule has 0 bridgehead atoms. The Morgan fingerprint density at radius 1 is 1.24 bits per heavy atom. The highest BCUT2D eigenvalue weighted by Gasteiger charge is 2.26. The van der Waals surface area contributed by atoms with Crippen LogP contribution >= 0.6 is 0 Å². The van der Waals surface area contributed by atoms with E-state index in [1.54, 1.807) is 26.5 Å². The van der Waals surface area contributed by atoms with Crippen LogP contribution in [0.4, 0.5) is 5.82 Å². The van der Waals surface area contributed by atoms with Crippen LogP contribution in [0.5, 0.6) is 5.75 Å². The molecule has 0 saturated heterocycles. The zero-order valence-corrected chi connectivity index (χ0v) is 14.8. The lowest BCUT2D eigenvalue weighted by Gasteiger charge is -2.30. The smallest absolute Gasteiger partial charge is 0.190 e. The monoisotopic (exact) mass is 341 g/mol. The third-order valence-corrected chi connectivity index (χ3v) is 4.35. The molecule has 0 unspecified atom stereocenters. The fourth-order valence-electron chi connectivity index (χ4n) is 3.04. The van der Waals surface area contributed by atoms with Gasteiger partial charge in [0.25, 0.3) is 0 Å². The van der Waals surface area contributed by atoms with Crippen LogP contribution in [0.2, 0.25) is 0 Å². The van der Waals surface area contributed by atoms with Gasteiger partial charge in [-0.05, 0) is 30.7 Å². The van der Waals surface area contributed by atoms with Crippen molar-refractivity contribution in [1.29, 1.82) is 0 Å². The van der Waals surface area contributed by atoms with Gasteiger partial charge in [0.2, 0.25) is 0 Å². The average molecular weight is 341 g/mol. The van der Waals surface area contributed by atoms with E-state index in [-0.39, 0.29) is 11.8 Å². The molecular formula is C19H23N3O3. The summed E-state index contributed by atoms with van der Waals surface area (Å²) in [7, 11) is 3.33. The highest BCUT2D eigenvalue weighted by molar-refractivity contribution is 6.08. The Balaban J connectivity index is 1.94. The van der Waals surface area contributed by atoms with Crippen molar-refractivity contribution in [3.63, 3.8) is 0 Å². The second-order valence-electron chi connectivity index (χ2n) is 6.11. The van der Waals surface area contributed by atoms with Crippen molar-refractivity contribution in [2.24, 2.45) is 0 Å². The number of ether oxygens (including phenoxy) is 2. The van der Waals surface area contributed by atoms with E-state index in [1.807, 2.05) is 35.0 Å². The number of benzene rings is 1. The first-order valence-corrected chi connectivity index (χ1v) is 8.29. The van der Waals surface area contributed by atoms with Crippen LogP contribution in [0, 0.1) is 0 Å². The van der Waals surface area contributed by atoms with E-state index in [0.29, 0.717) is 25.3 Å². The molecule has 0 amide bonds. The topological polar surface area (TPSA) is 56.6 Å². The van der Waals surface area contributed by atoms with Crippen LogP contribution in [-0.4, -0.2) is 49.0 Å². The van der Waals surface area contributed by atoms with Gasteiger partial charge in [0.1, 0.15) is 11.6 Å². The van der Waals surface area contributed by atoms with Crippen LogP contribution in [0.15, 0.2) is 42.6 Å². The molecule has 1 aliphatic rings. The van der Waals surface area contributed by atoms with Gasteiger partial charge in [-0.15, -0.1) is 0 Å². The molecule has 0 N–H and O–H groups in total. The standard InChI is InChI=1S/C19H23N3O3/c1-14(13-24-2)21-10-4-5-18(23)17-11-20-22(19(17)21)12-15-6-8-16(25-3)9-7-15/h4-9,11,14H,10,12-13H2,1-3H3/t14-/m0/s1. The molecule has 0 fully saturated rings. The van der Waals surface area contributed by atoms with Gasteiger partial charge >= 0.3 is 0 Å². The fourth-order valence-corrected chi connectivity index (χ4v) is 3.04. The summed E-state index contributed by atoms with van der Waals surface area (Å²) in [5.74, 6) is 1.65. The average Bonchev–Trinajstić information content (AvgIpc) is 2.94. The third-order valence-electron chi connectivity index (χ3n) is 4.35. The number of carbonyl (C=O) groups excluding carboxylic acids is 1. The van der Waals surface area contributed by atoms with Gasteiger partial charge in [-0.3, -0.25) is 4.79 Å². The minimum Gasteiger partial charge on any atom is -0.497 e. The van der Waals surface area contributed by atoms with E-state index >= 15 is 0 Å². The van der Waals surface area contributed by atoms with Crippen molar-refractivity contribution in [3.05, 3.63) is 53.7 Å². The summed E-state index contributed by atoms with van der Waals surface area (Å²) in [5, 5.41) is 4.47. The number of hydrogen-bond donors (Lipinski definition) is 0. The van der Waals surface area contributed by atoms with Crippen molar-refractivity contribution in [3.8, 4) is 5.75 Å². The molecule has 25 heavy (non-hydrogen) atoms. The van der Waals surface area contributed by atoms with Gasteiger partial charge in [0.05, 0.1) is 38.1 Å². The predicted molar refractivity (Wildman–Crippen MR) is 96.5 cm³/mol. The minimum atomic E-state index is -0.0110.